The first-order valence-corrected chi connectivity index (χ1v) is 15.1. The number of allylic oxidation sites excluding steroid dienone is 5. The summed E-state index contributed by atoms with van der Waals surface area (Å²) in [5.41, 5.74) is 10.0. The Kier molecular flexibility index (Phi) is 5.80. The van der Waals surface area contributed by atoms with E-state index < -0.39 is 10.3 Å². The van der Waals surface area contributed by atoms with Crippen LogP contribution in [0.25, 0.3) is 22.3 Å². The number of benzene rings is 4. The molecule has 7 nitrogen and oxygen atoms in total. The Balaban J connectivity index is 1.40. The lowest BCUT2D eigenvalue weighted by Crippen LogP contribution is -2.09. The fraction of sp³-hybridized carbons (Fsp3) is 0.139. The Hall–Kier alpha value is -5.03. The molecule has 4 bridgehead atoms. The van der Waals surface area contributed by atoms with Gasteiger partial charge in [0.2, 0.25) is 0 Å². The predicted molar refractivity (Wildman–Crippen MR) is 174 cm³/mol. The first-order valence-electron chi connectivity index (χ1n) is 14.3. The number of nitrogens with zero attached hydrogens (tertiary/aromatic N) is 3. The standard InChI is InChI=1S/C36H21Cl2N3O4/c1-18-29-25-11-13-28(41(44)45)33(31(29)19-2-6-22(37)7-3-19)32(25)30(18)35-34(20-4-8-23(38)9-5-20)36(35)17-21(14-15-39)26-16-24(40(42)43)10-12-27(26)36/h2-13,16-17,34-35H,14H2,1H3. The van der Waals surface area contributed by atoms with Gasteiger partial charge >= 0.3 is 0 Å². The molecule has 1 spiro atoms. The molecule has 1 saturated carbocycles. The van der Waals surface area contributed by atoms with Crippen LogP contribution in [0.3, 0.4) is 0 Å². The number of non-ortho nitro benzene ring substituents is 1. The predicted octanol–water partition coefficient (Wildman–Crippen LogP) is 9.53. The molecule has 4 aromatic rings. The number of rotatable bonds is 6. The molecule has 45 heavy (non-hydrogen) atoms. The monoisotopic (exact) mass is 629 g/mol. The highest BCUT2D eigenvalue weighted by molar-refractivity contribution is 6.31. The fourth-order valence-electron chi connectivity index (χ4n) is 8.18. The lowest BCUT2D eigenvalue weighted by Gasteiger charge is -2.19. The molecule has 0 N–H and O–H groups in total. The molecule has 4 aliphatic carbocycles. The van der Waals surface area contributed by atoms with Crippen LogP contribution in [0.2, 0.25) is 10.0 Å². The van der Waals surface area contributed by atoms with Crippen molar-refractivity contribution in [1.82, 2.24) is 0 Å². The number of hydrogen-bond donors (Lipinski definition) is 0. The van der Waals surface area contributed by atoms with Gasteiger partial charge in [-0.05, 0) is 87.4 Å². The van der Waals surface area contributed by atoms with Gasteiger partial charge in [0.05, 0.1) is 27.9 Å². The van der Waals surface area contributed by atoms with Crippen LogP contribution in [0.4, 0.5) is 11.4 Å². The Morgan fingerprint density at radius 3 is 2.16 bits per heavy atom. The molecule has 9 heteroatoms. The smallest absolute Gasteiger partial charge is 0.258 e. The largest absolute Gasteiger partial charge is 0.277 e. The lowest BCUT2D eigenvalue weighted by atomic mass is 9.83. The maximum absolute atomic E-state index is 12.5. The van der Waals surface area contributed by atoms with Crippen LogP contribution < -0.4 is 0 Å². The molecule has 218 valence electrons. The van der Waals surface area contributed by atoms with E-state index in [0.717, 1.165) is 55.7 Å². The molecule has 3 unspecified atom stereocenters. The summed E-state index contributed by atoms with van der Waals surface area (Å²) >= 11 is 12.5. The first-order chi connectivity index (χ1) is 21.7. The van der Waals surface area contributed by atoms with Crippen LogP contribution in [0.1, 0.15) is 58.2 Å². The SMILES string of the molecule is CC1=C(C2C(c3ccc(Cl)cc3)C23C=C(CC#N)c2cc([N+](=O)[O-])ccc23)c2c3ccc([N+](=O)[O-])c2C(c2ccc(Cl)cc2)=C13. The van der Waals surface area contributed by atoms with Crippen molar-refractivity contribution in [2.45, 2.75) is 24.7 Å². The molecule has 0 aromatic heterocycles. The summed E-state index contributed by atoms with van der Waals surface area (Å²) in [6.45, 7) is 2.08. The average Bonchev–Trinajstić information content (AvgIpc) is 3.32. The van der Waals surface area contributed by atoms with Gasteiger partial charge in [-0.25, -0.2) is 0 Å². The number of nitro benzene ring substituents is 2. The molecule has 4 aromatic carbocycles. The molecule has 3 atom stereocenters. The summed E-state index contributed by atoms with van der Waals surface area (Å²) in [5, 5.41) is 35.1. The van der Waals surface area contributed by atoms with Crippen LogP contribution in [-0.2, 0) is 5.41 Å². The third-order valence-corrected chi connectivity index (χ3v) is 10.3. The Morgan fingerprint density at radius 1 is 0.822 bits per heavy atom. The van der Waals surface area contributed by atoms with Gasteiger partial charge in [-0.15, -0.1) is 0 Å². The minimum Gasteiger partial charge on any atom is -0.258 e. The van der Waals surface area contributed by atoms with Crippen LogP contribution in [-0.4, -0.2) is 9.85 Å². The summed E-state index contributed by atoms with van der Waals surface area (Å²) in [4.78, 5) is 23.5. The molecule has 0 amide bonds. The molecular weight excluding hydrogens is 609 g/mol. The number of hydrogen-bond acceptors (Lipinski definition) is 5. The maximum Gasteiger partial charge on any atom is 0.277 e. The molecule has 1 fully saturated rings. The Morgan fingerprint density at radius 2 is 1.51 bits per heavy atom. The summed E-state index contributed by atoms with van der Waals surface area (Å²) in [5.74, 6) is -0.230. The van der Waals surface area contributed by atoms with Crippen molar-refractivity contribution in [1.29, 1.82) is 5.26 Å². The van der Waals surface area contributed by atoms with E-state index in [0.29, 0.717) is 21.2 Å². The zero-order valence-corrected chi connectivity index (χ0v) is 25.2. The van der Waals surface area contributed by atoms with E-state index in [1.54, 1.807) is 24.3 Å². The Labute approximate surface area is 267 Å². The zero-order chi connectivity index (χ0) is 31.4. The van der Waals surface area contributed by atoms with Crippen molar-refractivity contribution < 1.29 is 9.85 Å². The second kappa shape index (κ2) is 9.48. The highest BCUT2D eigenvalue weighted by atomic mass is 35.5. The second-order valence-corrected chi connectivity index (χ2v) is 12.7. The number of halogens is 2. The zero-order valence-electron chi connectivity index (χ0n) is 23.7. The summed E-state index contributed by atoms with van der Waals surface area (Å²) in [6.07, 6.45) is 2.22. The van der Waals surface area contributed by atoms with Crippen LogP contribution in [0.15, 0.2) is 90.5 Å². The van der Waals surface area contributed by atoms with Gasteiger partial charge in [0.25, 0.3) is 11.4 Å². The summed E-state index contributed by atoms with van der Waals surface area (Å²) in [7, 11) is 0. The molecule has 4 aliphatic rings. The van der Waals surface area contributed by atoms with Crippen molar-refractivity contribution in [3.05, 3.63) is 160 Å². The van der Waals surface area contributed by atoms with Crippen molar-refractivity contribution in [2.24, 2.45) is 5.92 Å². The third-order valence-electron chi connectivity index (χ3n) is 9.83. The molecule has 8 rings (SSSR count). The number of nitriles is 1. The van der Waals surface area contributed by atoms with Crippen LogP contribution in [0.5, 0.6) is 0 Å². The van der Waals surface area contributed by atoms with Gasteiger partial charge in [-0.1, -0.05) is 59.6 Å². The van der Waals surface area contributed by atoms with Gasteiger partial charge in [0.15, 0.2) is 0 Å². The average molecular weight is 630 g/mol. The second-order valence-electron chi connectivity index (χ2n) is 11.9. The highest BCUT2D eigenvalue weighted by Crippen LogP contribution is 2.77. The van der Waals surface area contributed by atoms with Gasteiger partial charge in [0.1, 0.15) is 0 Å². The maximum atomic E-state index is 12.5. The number of fused-ring (bicyclic) bond motifs is 2. The molecule has 0 radical (unpaired) electrons. The molecular formula is C36H21Cl2N3O4. The Bertz CT molecular complexity index is 2190. The molecule has 0 aliphatic heterocycles. The van der Waals surface area contributed by atoms with Crippen molar-refractivity contribution in [2.75, 3.05) is 0 Å². The van der Waals surface area contributed by atoms with Crippen LogP contribution >= 0.6 is 23.2 Å². The van der Waals surface area contributed by atoms with Gasteiger partial charge in [-0.3, -0.25) is 20.2 Å². The summed E-state index contributed by atoms with van der Waals surface area (Å²) < 4.78 is 0. The normalized spacial score (nSPS) is 21.7. The lowest BCUT2D eigenvalue weighted by molar-refractivity contribution is -0.385. The van der Waals surface area contributed by atoms with Gasteiger partial charge < -0.3 is 0 Å². The molecule has 0 heterocycles. The fourth-order valence-corrected chi connectivity index (χ4v) is 8.43. The van der Waals surface area contributed by atoms with E-state index in [1.807, 2.05) is 48.5 Å². The summed E-state index contributed by atoms with van der Waals surface area (Å²) in [6, 6.07) is 25.6. The third kappa shape index (κ3) is 3.64. The van der Waals surface area contributed by atoms with Gasteiger partial charge in [-0.2, -0.15) is 5.26 Å². The minimum absolute atomic E-state index is 0.0339. The van der Waals surface area contributed by atoms with E-state index in [9.17, 15) is 25.5 Å². The van der Waals surface area contributed by atoms with Crippen molar-refractivity contribution in [3.8, 4) is 6.07 Å². The van der Waals surface area contributed by atoms with E-state index in [4.69, 9.17) is 23.2 Å². The van der Waals surface area contributed by atoms with Crippen molar-refractivity contribution >= 4 is 56.9 Å². The van der Waals surface area contributed by atoms with E-state index >= 15 is 0 Å². The van der Waals surface area contributed by atoms with Crippen LogP contribution in [0, 0.1) is 37.5 Å². The quantitative estimate of drug-likeness (QED) is 0.156. The molecule has 0 saturated heterocycles. The highest BCUT2D eigenvalue weighted by Gasteiger charge is 2.69. The van der Waals surface area contributed by atoms with Gasteiger partial charge in [0, 0.05) is 56.6 Å². The van der Waals surface area contributed by atoms with E-state index in [1.165, 1.54) is 6.07 Å². The number of nitro groups is 2. The topological polar surface area (TPSA) is 110 Å². The first kappa shape index (κ1) is 27.5. The van der Waals surface area contributed by atoms with E-state index in [-0.39, 0.29) is 34.6 Å². The van der Waals surface area contributed by atoms with E-state index in [2.05, 4.69) is 19.1 Å². The minimum atomic E-state index is -0.604. The van der Waals surface area contributed by atoms with Crippen molar-refractivity contribution in [3.63, 3.8) is 0 Å².